The molecule has 2 nitrogen and oxygen atoms in total. The minimum absolute atomic E-state index is 0.957. The summed E-state index contributed by atoms with van der Waals surface area (Å²) in [5, 5.41) is 3.47. The highest BCUT2D eigenvalue weighted by Gasteiger charge is 2.12. The van der Waals surface area contributed by atoms with Gasteiger partial charge in [-0.3, -0.25) is 4.98 Å². The van der Waals surface area contributed by atoms with Crippen molar-refractivity contribution >= 4 is 5.69 Å². The van der Waals surface area contributed by atoms with Gasteiger partial charge in [0, 0.05) is 18.9 Å². The van der Waals surface area contributed by atoms with Crippen LogP contribution in [0.25, 0.3) is 0 Å². The molecule has 2 rings (SSSR count). The smallest absolute Gasteiger partial charge is 0.0529 e. The van der Waals surface area contributed by atoms with E-state index >= 15 is 0 Å². The van der Waals surface area contributed by atoms with Crippen LogP contribution in [0.4, 0.5) is 5.69 Å². The fraction of sp³-hybridized carbons (Fsp3) is 0.643. The highest BCUT2D eigenvalue weighted by Crippen LogP contribution is 2.26. The van der Waals surface area contributed by atoms with Crippen LogP contribution < -0.4 is 5.32 Å². The number of aryl methyl sites for hydroxylation is 1. The lowest BCUT2D eigenvalue weighted by Gasteiger charge is -2.21. The largest absolute Gasteiger partial charge is 0.384 e. The molecule has 0 spiro atoms. The Kier molecular flexibility index (Phi) is 4.20. The van der Waals surface area contributed by atoms with Crippen LogP contribution in [-0.4, -0.2) is 11.5 Å². The molecule has 1 aliphatic carbocycles. The van der Waals surface area contributed by atoms with Gasteiger partial charge in [0.2, 0.25) is 0 Å². The van der Waals surface area contributed by atoms with Gasteiger partial charge in [-0.1, -0.05) is 32.1 Å². The van der Waals surface area contributed by atoms with E-state index in [2.05, 4.69) is 23.3 Å². The highest BCUT2D eigenvalue weighted by molar-refractivity contribution is 5.42. The van der Waals surface area contributed by atoms with Crippen molar-refractivity contribution < 1.29 is 0 Å². The van der Waals surface area contributed by atoms with E-state index in [0.29, 0.717) is 0 Å². The summed E-state index contributed by atoms with van der Waals surface area (Å²) in [4.78, 5) is 4.19. The molecule has 16 heavy (non-hydrogen) atoms. The zero-order valence-corrected chi connectivity index (χ0v) is 10.2. The van der Waals surface area contributed by atoms with Gasteiger partial charge < -0.3 is 5.32 Å². The zero-order valence-electron chi connectivity index (χ0n) is 10.2. The Balaban J connectivity index is 1.71. The first-order valence-electron chi connectivity index (χ1n) is 6.50. The molecule has 88 valence electrons. The molecule has 1 aromatic rings. The van der Waals surface area contributed by atoms with Gasteiger partial charge in [0.25, 0.3) is 0 Å². The van der Waals surface area contributed by atoms with Crippen molar-refractivity contribution in [3.8, 4) is 0 Å². The van der Waals surface area contributed by atoms with E-state index < -0.39 is 0 Å². The summed E-state index contributed by atoms with van der Waals surface area (Å²) in [6.07, 6.45) is 12.3. The van der Waals surface area contributed by atoms with E-state index in [9.17, 15) is 0 Å². The monoisotopic (exact) mass is 218 g/mol. The van der Waals surface area contributed by atoms with E-state index in [1.54, 1.807) is 0 Å². The molecule has 1 aromatic heterocycles. The maximum Gasteiger partial charge on any atom is 0.0529 e. The molecule has 0 amide bonds. The van der Waals surface area contributed by atoms with E-state index in [0.717, 1.165) is 18.2 Å². The Bertz CT molecular complexity index is 316. The molecule has 1 saturated carbocycles. The third kappa shape index (κ3) is 3.51. The lowest BCUT2D eigenvalue weighted by Crippen LogP contribution is -2.12. The van der Waals surface area contributed by atoms with Crippen molar-refractivity contribution in [2.75, 3.05) is 11.9 Å². The topological polar surface area (TPSA) is 24.9 Å². The van der Waals surface area contributed by atoms with E-state index in [1.807, 2.05) is 12.4 Å². The average molecular weight is 218 g/mol. The van der Waals surface area contributed by atoms with Gasteiger partial charge >= 0.3 is 0 Å². The van der Waals surface area contributed by atoms with E-state index in [1.165, 1.54) is 44.1 Å². The molecule has 0 aromatic carbocycles. The fourth-order valence-electron chi connectivity index (χ4n) is 2.55. The summed E-state index contributed by atoms with van der Waals surface area (Å²) >= 11 is 0. The van der Waals surface area contributed by atoms with Crippen LogP contribution in [0.15, 0.2) is 18.5 Å². The van der Waals surface area contributed by atoms with Gasteiger partial charge in [-0.2, -0.15) is 0 Å². The van der Waals surface area contributed by atoms with Crippen LogP contribution in [0, 0.1) is 12.8 Å². The molecule has 0 bridgehead atoms. The number of nitrogens with zero attached hydrogens (tertiary/aromatic N) is 1. The second-order valence-corrected chi connectivity index (χ2v) is 4.97. The standard InChI is InChI=1S/C14H22N2/c1-12-9-14(11-15-10-12)16-8-7-13-5-3-2-4-6-13/h9-11,13,16H,2-8H2,1H3. The van der Waals surface area contributed by atoms with Crippen LogP contribution in [0.5, 0.6) is 0 Å². The molecule has 2 heteroatoms. The first kappa shape index (κ1) is 11.4. The second-order valence-electron chi connectivity index (χ2n) is 4.97. The summed E-state index contributed by atoms with van der Waals surface area (Å²) in [7, 11) is 0. The van der Waals surface area contributed by atoms with Crippen molar-refractivity contribution in [2.24, 2.45) is 5.92 Å². The lowest BCUT2D eigenvalue weighted by molar-refractivity contribution is 0.345. The second kappa shape index (κ2) is 5.88. The van der Waals surface area contributed by atoms with Crippen molar-refractivity contribution in [1.29, 1.82) is 0 Å². The van der Waals surface area contributed by atoms with Gasteiger partial charge in [0.05, 0.1) is 5.69 Å². The first-order valence-corrected chi connectivity index (χ1v) is 6.50. The number of rotatable bonds is 4. The molecule has 1 heterocycles. The highest BCUT2D eigenvalue weighted by atomic mass is 14.9. The summed E-state index contributed by atoms with van der Waals surface area (Å²) in [6, 6.07) is 2.16. The average Bonchev–Trinajstić information content (AvgIpc) is 2.30. The summed E-state index contributed by atoms with van der Waals surface area (Å²) < 4.78 is 0. The van der Waals surface area contributed by atoms with Crippen LogP contribution in [0.2, 0.25) is 0 Å². The van der Waals surface area contributed by atoms with Gasteiger partial charge in [-0.25, -0.2) is 0 Å². The van der Waals surface area contributed by atoms with E-state index in [4.69, 9.17) is 0 Å². The van der Waals surface area contributed by atoms with Crippen LogP contribution in [0.3, 0.4) is 0 Å². The number of aromatic nitrogens is 1. The number of anilines is 1. The van der Waals surface area contributed by atoms with Gasteiger partial charge in [-0.15, -0.1) is 0 Å². The molecule has 0 aliphatic heterocycles. The molecule has 1 fully saturated rings. The maximum absolute atomic E-state index is 4.19. The Hall–Kier alpha value is -1.05. The Morgan fingerprint density at radius 1 is 1.25 bits per heavy atom. The SMILES string of the molecule is Cc1cncc(NCCC2CCCCC2)c1. The number of hydrogen-bond acceptors (Lipinski definition) is 2. The summed E-state index contributed by atoms with van der Waals surface area (Å²) in [6.45, 7) is 3.18. The van der Waals surface area contributed by atoms with Crippen molar-refractivity contribution in [3.63, 3.8) is 0 Å². The predicted octanol–water partition coefficient (Wildman–Crippen LogP) is 3.77. The third-order valence-electron chi connectivity index (χ3n) is 3.48. The minimum Gasteiger partial charge on any atom is -0.384 e. The quantitative estimate of drug-likeness (QED) is 0.832. The maximum atomic E-state index is 4.19. The Morgan fingerprint density at radius 3 is 2.81 bits per heavy atom. The minimum atomic E-state index is 0.957. The molecule has 0 unspecified atom stereocenters. The Labute approximate surface area is 98.5 Å². The fourth-order valence-corrected chi connectivity index (χ4v) is 2.55. The van der Waals surface area contributed by atoms with Crippen molar-refractivity contribution in [1.82, 2.24) is 4.98 Å². The molecule has 1 N–H and O–H groups in total. The molecular weight excluding hydrogens is 196 g/mol. The number of pyridine rings is 1. The number of hydrogen-bond donors (Lipinski definition) is 1. The first-order chi connectivity index (χ1) is 7.84. The van der Waals surface area contributed by atoms with Gasteiger partial charge in [0.15, 0.2) is 0 Å². The number of nitrogens with one attached hydrogen (secondary N) is 1. The molecule has 0 atom stereocenters. The lowest BCUT2D eigenvalue weighted by atomic mass is 9.87. The molecular formula is C14H22N2. The summed E-state index contributed by atoms with van der Waals surface area (Å²) in [5.74, 6) is 0.957. The molecule has 0 radical (unpaired) electrons. The van der Waals surface area contributed by atoms with Crippen molar-refractivity contribution in [2.45, 2.75) is 45.4 Å². The summed E-state index contributed by atoms with van der Waals surface area (Å²) in [5.41, 5.74) is 2.39. The zero-order chi connectivity index (χ0) is 11.2. The normalized spacial score (nSPS) is 17.3. The van der Waals surface area contributed by atoms with Crippen LogP contribution in [-0.2, 0) is 0 Å². The van der Waals surface area contributed by atoms with Gasteiger partial charge in [-0.05, 0) is 30.9 Å². The van der Waals surface area contributed by atoms with Crippen molar-refractivity contribution in [3.05, 3.63) is 24.0 Å². The molecule has 1 aliphatic rings. The van der Waals surface area contributed by atoms with Crippen LogP contribution in [0.1, 0.15) is 44.1 Å². The predicted molar refractivity (Wildman–Crippen MR) is 68.7 cm³/mol. The third-order valence-corrected chi connectivity index (χ3v) is 3.48. The van der Waals surface area contributed by atoms with E-state index in [-0.39, 0.29) is 0 Å². The van der Waals surface area contributed by atoms with Crippen LogP contribution >= 0.6 is 0 Å². The van der Waals surface area contributed by atoms with Gasteiger partial charge in [0.1, 0.15) is 0 Å². The molecule has 0 saturated heterocycles. The Morgan fingerprint density at radius 2 is 2.06 bits per heavy atom.